The highest BCUT2D eigenvalue weighted by Gasteiger charge is 2.44. The van der Waals surface area contributed by atoms with Crippen LogP contribution in [0.25, 0.3) is 0 Å². The van der Waals surface area contributed by atoms with Gasteiger partial charge in [0.15, 0.2) is 0 Å². The van der Waals surface area contributed by atoms with Gasteiger partial charge in [0, 0.05) is 13.0 Å². The molecular formula is C13H17NO6S. The number of aliphatic hydroxyl groups is 1. The van der Waals surface area contributed by atoms with Crippen molar-refractivity contribution in [1.29, 1.82) is 0 Å². The largest absolute Gasteiger partial charge is 0.495 e. The summed E-state index contributed by atoms with van der Waals surface area (Å²) in [4.78, 5) is 11.1. The summed E-state index contributed by atoms with van der Waals surface area (Å²) in [6.45, 7) is 1.49. The second-order valence-corrected chi connectivity index (χ2v) is 6.83. The standard InChI is InChI=1S/C13H17NO6S/c1-8-3-4-11(20-2)12(5-8)21(18,19)14-7-9(15)6-10(14)13(16)17/h3-5,9-10,15H,6-7H2,1-2H3,(H,16,17)/t9-,10+/m1/s1. The molecule has 1 aliphatic heterocycles. The lowest BCUT2D eigenvalue weighted by Crippen LogP contribution is -2.40. The van der Waals surface area contributed by atoms with E-state index in [1.54, 1.807) is 13.0 Å². The number of aliphatic carboxylic acids is 1. The van der Waals surface area contributed by atoms with Crippen LogP contribution >= 0.6 is 0 Å². The number of hydrogen-bond donors (Lipinski definition) is 2. The van der Waals surface area contributed by atoms with E-state index < -0.39 is 28.1 Å². The highest BCUT2D eigenvalue weighted by Crippen LogP contribution is 2.32. The van der Waals surface area contributed by atoms with Gasteiger partial charge in [0.1, 0.15) is 16.7 Å². The van der Waals surface area contributed by atoms with E-state index in [1.165, 1.54) is 19.2 Å². The van der Waals surface area contributed by atoms with Crippen LogP contribution in [0.4, 0.5) is 0 Å². The van der Waals surface area contributed by atoms with Gasteiger partial charge in [-0.2, -0.15) is 4.31 Å². The Morgan fingerprint density at radius 1 is 1.43 bits per heavy atom. The Kier molecular flexibility index (Phi) is 4.22. The highest BCUT2D eigenvalue weighted by molar-refractivity contribution is 7.89. The van der Waals surface area contributed by atoms with E-state index in [9.17, 15) is 18.3 Å². The number of β-amino-alcohol motifs (C(OH)–C–C–N with tert-alkyl or cyclic N) is 1. The number of ether oxygens (including phenoxy) is 1. The lowest BCUT2D eigenvalue weighted by atomic mass is 10.2. The van der Waals surface area contributed by atoms with Crippen molar-refractivity contribution < 1.29 is 28.2 Å². The van der Waals surface area contributed by atoms with Gasteiger partial charge in [0.2, 0.25) is 10.0 Å². The van der Waals surface area contributed by atoms with Crippen LogP contribution in [0.5, 0.6) is 5.75 Å². The third-order valence-electron chi connectivity index (χ3n) is 3.42. The molecule has 2 N–H and O–H groups in total. The fraction of sp³-hybridized carbons (Fsp3) is 0.462. The van der Waals surface area contributed by atoms with Crippen molar-refractivity contribution in [3.8, 4) is 5.75 Å². The molecule has 1 saturated heterocycles. The van der Waals surface area contributed by atoms with Crippen molar-refractivity contribution in [2.75, 3.05) is 13.7 Å². The molecule has 1 heterocycles. The normalized spacial score (nSPS) is 23.2. The predicted octanol–water partition coefficient (Wildman–Crippen LogP) is 0.212. The Morgan fingerprint density at radius 3 is 2.67 bits per heavy atom. The number of aryl methyl sites for hydroxylation is 1. The first-order valence-corrected chi connectivity index (χ1v) is 7.78. The zero-order chi connectivity index (χ0) is 15.8. The number of aliphatic hydroxyl groups excluding tert-OH is 1. The second kappa shape index (κ2) is 5.63. The van der Waals surface area contributed by atoms with Crippen LogP contribution in [0.15, 0.2) is 23.1 Å². The minimum atomic E-state index is -4.06. The van der Waals surface area contributed by atoms with Gasteiger partial charge < -0.3 is 14.9 Å². The molecule has 0 radical (unpaired) electrons. The average Bonchev–Trinajstić information content (AvgIpc) is 2.82. The molecule has 8 heteroatoms. The van der Waals surface area contributed by atoms with Crippen LogP contribution in [0.1, 0.15) is 12.0 Å². The van der Waals surface area contributed by atoms with Crippen molar-refractivity contribution in [3.05, 3.63) is 23.8 Å². The first-order valence-electron chi connectivity index (χ1n) is 6.34. The first-order chi connectivity index (χ1) is 9.77. The third kappa shape index (κ3) is 2.87. The Labute approximate surface area is 122 Å². The zero-order valence-corrected chi connectivity index (χ0v) is 12.5. The van der Waals surface area contributed by atoms with Gasteiger partial charge in [0.05, 0.1) is 13.2 Å². The Hall–Kier alpha value is -1.64. The zero-order valence-electron chi connectivity index (χ0n) is 11.7. The number of sulfonamides is 1. The van der Waals surface area contributed by atoms with Crippen LogP contribution < -0.4 is 4.74 Å². The lowest BCUT2D eigenvalue weighted by Gasteiger charge is -2.22. The molecule has 0 saturated carbocycles. The number of methoxy groups -OCH3 is 1. The number of hydrogen-bond acceptors (Lipinski definition) is 5. The second-order valence-electron chi connectivity index (χ2n) is 4.97. The molecule has 0 unspecified atom stereocenters. The van der Waals surface area contributed by atoms with E-state index in [0.29, 0.717) is 5.56 Å². The molecule has 0 amide bonds. The molecular weight excluding hydrogens is 298 g/mol. The maximum Gasteiger partial charge on any atom is 0.322 e. The number of carboxylic acid groups (broad SMARTS) is 1. The molecule has 21 heavy (non-hydrogen) atoms. The minimum absolute atomic E-state index is 0.0923. The summed E-state index contributed by atoms with van der Waals surface area (Å²) in [5, 5.41) is 18.8. The van der Waals surface area contributed by atoms with Gasteiger partial charge in [-0.05, 0) is 24.6 Å². The predicted molar refractivity (Wildman–Crippen MR) is 73.7 cm³/mol. The minimum Gasteiger partial charge on any atom is -0.495 e. The van der Waals surface area contributed by atoms with Gasteiger partial charge in [-0.1, -0.05) is 6.07 Å². The molecule has 0 aromatic heterocycles. The Balaban J connectivity index is 2.51. The van der Waals surface area contributed by atoms with Crippen molar-refractivity contribution >= 4 is 16.0 Å². The number of nitrogens with zero attached hydrogens (tertiary/aromatic N) is 1. The third-order valence-corrected chi connectivity index (χ3v) is 5.32. The van der Waals surface area contributed by atoms with Crippen LogP contribution in [-0.2, 0) is 14.8 Å². The summed E-state index contributed by atoms with van der Waals surface area (Å²) < 4.78 is 31.3. The average molecular weight is 315 g/mol. The fourth-order valence-electron chi connectivity index (χ4n) is 2.39. The molecule has 7 nitrogen and oxygen atoms in total. The molecule has 0 spiro atoms. The van der Waals surface area contributed by atoms with Gasteiger partial charge in [-0.3, -0.25) is 4.79 Å². The van der Waals surface area contributed by atoms with Crippen molar-refractivity contribution in [2.45, 2.75) is 30.4 Å². The van der Waals surface area contributed by atoms with Crippen LogP contribution in [-0.4, -0.2) is 54.7 Å². The maximum absolute atomic E-state index is 12.7. The summed E-state index contributed by atoms with van der Waals surface area (Å²) in [5.74, 6) is -1.13. The summed E-state index contributed by atoms with van der Waals surface area (Å²) in [5.41, 5.74) is 0.709. The number of carbonyl (C=O) groups is 1. The van der Waals surface area contributed by atoms with E-state index in [-0.39, 0.29) is 23.6 Å². The fourth-order valence-corrected chi connectivity index (χ4v) is 4.26. The summed E-state index contributed by atoms with van der Waals surface area (Å²) in [7, 11) is -2.72. The molecule has 1 aliphatic rings. The van der Waals surface area contributed by atoms with Crippen molar-refractivity contribution in [3.63, 3.8) is 0 Å². The number of carboxylic acids is 1. The van der Waals surface area contributed by atoms with Gasteiger partial charge in [0.25, 0.3) is 0 Å². The first kappa shape index (κ1) is 15.7. The van der Waals surface area contributed by atoms with Crippen LogP contribution in [0.2, 0.25) is 0 Å². The van der Waals surface area contributed by atoms with E-state index in [2.05, 4.69) is 0 Å². The molecule has 0 bridgehead atoms. The molecule has 1 aromatic carbocycles. The van der Waals surface area contributed by atoms with E-state index in [4.69, 9.17) is 9.84 Å². The quantitative estimate of drug-likeness (QED) is 0.823. The van der Waals surface area contributed by atoms with Crippen LogP contribution in [0, 0.1) is 6.92 Å². The summed E-state index contributed by atoms with van der Waals surface area (Å²) in [6, 6.07) is 3.38. The summed E-state index contributed by atoms with van der Waals surface area (Å²) >= 11 is 0. The SMILES string of the molecule is COc1ccc(C)cc1S(=O)(=O)N1C[C@H](O)C[C@H]1C(=O)O. The van der Waals surface area contributed by atoms with Crippen LogP contribution in [0.3, 0.4) is 0 Å². The highest BCUT2D eigenvalue weighted by atomic mass is 32.2. The monoisotopic (exact) mass is 315 g/mol. The van der Waals surface area contributed by atoms with Gasteiger partial charge in [-0.15, -0.1) is 0 Å². The van der Waals surface area contributed by atoms with Crippen molar-refractivity contribution in [2.24, 2.45) is 0 Å². The number of benzene rings is 1. The van der Waals surface area contributed by atoms with E-state index in [0.717, 1.165) is 4.31 Å². The topological polar surface area (TPSA) is 104 Å². The Bertz CT molecular complexity index is 657. The van der Waals surface area contributed by atoms with E-state index in [1.807, 2.05) is 0 Å². The lowest BCUT2D eigenvalue weighted by molar-refractivity contribution is -0.140. The maximum atomic E-state index is 12.7. The van der Waals surface area contributed by atoms with Gasteiger partial charge >= 0.3 is 5.97 Å². The molecule has 2 rings (SSSR count). The molecule has 1 fully saturated rings. The molecule has 116 valence electrons. The summed E-state index contributed by atoms with van der Waals surface area (Å²) in [6.07, 6.45) is -1.11. The molecule has 0 aliphatic carbocycles. The Morgan fingerprint density at radius 2 is 2.10 bits per heavy atom. The number of rotatable bonds is 4. The smallest absolute Gasteiger partial charge is 0.322 e. The van der Waals surface area contributed by atoms with Gasteiger partial charge in [-0.25, -0.2) is 8.42 Å². The molecule has 1 aromatic rings. The van der Waals surface area contributed by atoms with E-state index >= 15 is 0 Å². The molecule has 2 atom stereocenters. The van der Waals surface area contributed by atoms with Crippen molar-refractivity contribution in [1.82, 2.24) is 4.31 Å².